The van der Waals surface area contributed by atoms with Gasteiger partial charge in [-0.05, 0) is 66.0 Å². The predicted molar refractivity (Wildman–Crippen MR) is 205 cm³/mol. The molecule has 5 aromatic carbocycles. The van der Waals surface area contributed by atoms with E-state index in [2.05, 4.69) is 34.9 Å². The van der Waals surface area contributed by atoms with Gasteiger partial charge in [0.15, 0.2) is 5.94 Å². The predicted octanol–water partition coefficient (Wildman–Crippen LogP) is 4.83. The van der Waals surface area contributed by atoms with Crippen LogP contribution in [0.15, 0.2) is 123 Å². The van der Waals surface area contributed by atoms with Crippen molar-refractivity contribution >= 4 is 113 Å². The number of nitrogens with zero attached hydrogens (tertiary/aromatic N) is 6. The minimum absolute atomic E-state index is 0.0337. The van der Waals surface area contributed by atoms with E-state index in [1.165, 1.54) is 12.1 Å². The number of sulfone groups is 1. The number of rotatable bonds is 13. The van der Waals surface area contributed by atoms with Gasteiger partial charge in [-0.3, -0.25) is 18.2 Å². The molecule has 0 saturated carbocycles. The number of anilines is 3. The fourth-order valence-corrected chi connectivity index (χ4v) is 8.32. The Morgan fingerprint density at radius 2 is 1.10 bits per heavy atom. The van der Waals surface area contributed by atoms with Gasteiger partial charge >= 0.3 is 10.4 Å². The zero-order valence-corrected chi connectivity index (χ0v) is 32.9. The van der Waals surface area contributed by atoms with Crippen LogP contribution in [0.25, 0.3) is 10.8 Å². The van der Waals surface area contributed by atoms with Gasteiger partial charge in [-0.2, -0.15) is 43.9 Å². The summed E-state index contributed by atoms with van der Waals surface area (Å²) in [5, 5.41) is 33.3. The van der Waals surface area contributed by atoms with Crippen molar-refractivity contribution < 1.29 is 69.6 Å². The Morgan fingerprint density at radius 1 is 0.525 bits per heavy atom. The van der Waals surface area contributed by atoms with E-state index in [-0.39, 0.29) is 33.5 Å². The molecule has 11 N–H and O–H groups in total. The zero-order valence-electron chi connectivity index (χ0n) is 28.8. The molecule has 0 saturated heterocycles. The van der Waals surface area contributed by atoms with E-state index < -0.39 is 110 Å². The van der Waals surface area contributed by atoms with Gasteiger partial charge in [0.1, 0.15) is 38.3 Å². The summed E-state index contributed by atoms with van der Waals surface area (Å²) in [7, 11) is -24.4. The summed E-state index contributed by atoms with van der Waals surface area (Å²) >= 11 is 0. The minimum Gasteiger partial charge on any atom is -0.507 e. The zero-order chi connectivity index (χ0) is 43.9. The maximum atomic E-state index is 12.4. The number of nitrogen functional groups attached to an aromatic ring is 3. The van der Waals surface area contributed by atoms with Crippen LogP contribution in [0.5, 0.6) is 5.75 Å². The standard InChI is InChI=1S/C29H25N9O16S5/c30-19-7-1-14-9-18(56(42,43)44)11-22(39)25(14)28(19)37-35-20-8-4-16(10-23(20)57(45,46)47)34-36-21-12-24(58(48,49)50)27(32)29(26(21)31)38-33-15-2-5-17(6-3-15)55(40,41)13-54-59(51,52)53/h1-12,39H,13,30-32H2,(H,42,43,44)(H,45,46,47)(H,48,49,50)(H,51,52,53). The van der Waals surface area contributed by atoms with Crippen molar-refractivity contribution in [2.45, 2.75) is 19.6 Å². The third-order valence-corrected chi connectivity index (χ3v) is 12.1. The highest BCUT2D eigenvalue weighted by Gasteiger charge is 2.24. The van der Waals surface area contributed by atoms with Crippen molar-refractivity contribution in [2.24, 2.45) is 30.7 Å². The number of azo groups is 3. The number of phenols is 1. The Labute approximate surface area is 332 Å². The fourth-order valence-electron chi connectivity index (χ4n) is 4.83. The number of nitrogens with two attached hydrogens (primary N) is 3. The van der Waals surface area contributed by atoms with Crippen LogP contribution >= 0.6 is 0 Å². The molecule has 0 heterocycles. The molecular weight excluding hydrogens is 891 g/mol. The first-order chi connectivity index (χ1) is 27.2. The molecule has 59 heavy (non-hydrogen) atoms. The molecule has 0 aliphatic carbocycles. The summed E-state index contributed by atoms with van der Waals surface area (Å²) < 4.78 is 160. The molecule has 25 nitrogen and oxygen atoms in total. The van der Waals surface area contributed by atoms with Gasteiger partial charge in [-0.15, -0.1) is 20.5 Å². The summed E-state index contributed by atoms with van der Waals surface area (Å²) in [4.78, 5) is -2.99. The Hall–Kier alpha value is -6.09. The summed E-state index contributed by atoms with van der Waals surface area (Å²) in [6.45, 7) is 0. The second kappa shape index (κ2) is 15.9. The first-order valence-electron chi connectivity index (χ1n) is 15.2. The molecule has 5 rings (SSSR count). The highest BCUT2D eigenvalue weighted by atomic mass is 32.3. The van der Waals surface area contributed by atoms with Crippen molar-refractivity contribution in [3.05, 3.63) is 72.8 Å². The van der Waals surface area contributed by atoms with E-state index in [4.69, 9.17) is 21.8 Å². The Balaban J connectivity index is 1.51. The lowest BCUT2D eigenvalue weighted by molar-refractivity contribution is 0.306. The minimum atomic E-state index is -5.11. The molecule has 0 aromatic heterocycles. The third-order valence-electron chi connectivity index (χ3n) is 7.54. The van der Waals surface area contributed by atoms with E-state index in [1.807, 2.05) is 0 Å². The van der Waals surface area contributed by atoms with E-state index >= 15 is 0 Å². The first-order valence-corrected chi connectivity index (χ1v) is 22.5. The van der Waals surface area contributed by atoms with E-state index in [9.17, 15) is 60.9 Å². The van der Waals surface area contributed by atoms with Crippen LogP contribution in [0.1, 0.15) is 0 Å². The molecule has 0 bridgehead atoms. The van der Waals surface area contributed by atoms with E-state index in [1.54, 1.807) is 0 Å². The smallest absolute Gasteiger partial charge is 0.398 e. The quantitative estimate of drug-likeness (QED) is 0.0445. The molecule has 312 valence electrons. The summed E-state index contributed by atoms with van der Waals surface area (Å²) in [6, 6.07) is 11.9. The molecule has 0 atom stereocenters. The lowest BCUT2D eigenvalue weighted by Gasteiger charge is -2.10. The normalized spacial score (nSPS) is 13.3. The molecule has 0 unspecified atom stereocenters. The summed E-state index contributed by atoms with van der Waals surface area (Å²) in [6.07, 6.45) is 0. The van der Waals surface area contributed by atoms with Crippen molar-refractivity contribution in [3.8, 4) is 5.75 Å². The number of hydrogen-bond acceptors (Lipinski definition) is 21. The molecule has 0 spiro atoms. The van der Waals surface area contributed by atoms with E-state index in [0.717, 1.165) is 48.5 Å². The summed E-state index contributed by atoms with van der Waals surface area (Å²) in [5.41, 5.74) is 14.4. The number of aromatic hydroxyl groups is 1. The largest absolute Gasteiger partial charge is 0.507 e. The maximum absolute atomic E-state index is 12.4. The lowest BCUT2D eigenvalue weighted by atomic mass is 10.1. The van der Waals surface area contributed by atoms with Crippen LogP contribution in [0, 0.1) is 0 Å². The van der Waals surface area contributed by atoms with Gasteiger partial charge in [0.2, 0.25) is 9.84 Å². The number of phenolic OH excluding ortho intramolecular Hbond substituents is 1. The highest BCUT2D eigenvalue weighted by Crippen LogP contribution is 2.44. The lowest BCUT2D eigenvalue weighted by Crippen LogP contribution is -2.14. The Morgan fingerprint density at radius 3 is 1.69 bits per heavy atom. The fraction of sp³-hybridized carbons (Fsp3) is 0.0345. The van der Waals surface area contributed by atoms with Gasteiger partial charge in [0.25, 0.3) is 30.4 Å². The van der Waals surface area contributed by atoms with Gasteiger partial charge in [0.05, 0.1) is 43.6 Å². The monoisotopic (exact) mass is 915 g/mol. The molecule has 0 aliphatic rings. The van der Waals surface area contributed by atoms with Crippen molar-refractivity contribution in [1.29, 1.82) is 0 Å². The van der Waals surface area contributed by atoms with Gasteiger partial charge < -0.3 is 22.3 Å². The third kappa shape index (κ3) is 10.3. The molecular formula is C29H25N9O16S5. The molecule has 30 heteroatoms. The maximum Gasteiger partial charge on any atom is 0.398 e. The SMILES string of the molecule is Nc1ccc2cc(S(=O)(=O)O)cc(O)c2c1N=Nc1ccc(N=Nc2cc(S(=O)(=O)O)c(N)c(N=Nc3ccc(S(=O)(=O)COS(=O)(=O)O)cc3)c2N)cc1S(=O)(=O)O. The molecule has 0 radical (unpaired) electrons. The van der Waals surface area contributed by atoms with Crippen LogP contribution in [-0.4, -0.2) is 71.3 Å². The van der Waals surface area contributed by atoms with Crippen LogP contribution < -0.4 is 17.2 Å². The number of fused-ring (bicyclic) bond motifs is 1. The second-order valence-electron chi connectivity index (χ2n) is 11.6. The first kappa shape index (κ1) is 44.0. The topological polar surface area (TPSA) is 433 Å². The average Bonchev–Trinajstić information content (AvgIpc) is 3.12. The molecule has 0 fully saturated rings. The highest BCUT2D eigenvalue weighted by molar-refractivity contribution is 7.92. The van der Waals surface area contributed by atoms with Crippen LogP contribution in [-0.2, 0) is 54.8 Å². The second-order valence-corrected chi connectivity index (χ2v) is 18.8. The number of hydrogen-bond donors (Lipinski definition) is 8. The molecule has 5 aromatic rings. The summed E-state index contributed by atoms with van der Waals surface area (Å²) in [5.74, 6) is -2.12. The molecule has 0 amide bonds. The average molecular weight is 916 g/mol. The van der Waals surface area contributed by atoms with Gasteiger partial charge in [-0.25, -0.2) is 12.6 Å². The van der Waals surface area contributed by atoms with Crippen LogP contribution in [0.2, 0.25) is 0 Å². The Bertz CT molecular complexity index is 3220. The van der Waals surface area contributed by atoms with Crippen molar-refractivity contribution in [3.63, 3.8) is 0 Å². The van der Waals surface area contributed by atoms with Gasteiger partial charge in [0, 0.05) is 6.07 Å². The number of benzene rings is 5. The Kier molecular flexibility index (Phi) is 11.9. The van der Waals surface area contributed by atoms with Gasteiger partial charge in [-0.1, -0.05) is 6.07 Å². The van der Waals surface area contributed by atoms with Crippen molar-refractivity contribution in [1.82, 2.24) is 0 Å². The van der Waals surface area contributed by atoms with E-state index in [0.29, 0.717) is 12.1 Å². The van der Waals surface area contributed by atoms with Crippen LogP contribution in [0.4, 0.5) is 51.2 Å². The molecule has 0 aliphatic heterocycles. The van der Waals surface area contributed by atoms with Crippen LogP contribution in [0.3, 0.4) is 0 Å². The van der Waals surface area contributed by atoms with Crippen molar-refractivity contribution in [2.75, 3.05) is 23.1 Å².